The number of rotatable bonds is 1. The molecular formula is C13H15N3OS. The summed E-state index contributed by atoms with van der Waals surface area (Å²) in [4.78, 5) is 15.2. The molecule has 18 heavy (non-hydrogen) atoms. The maximum Gasteiger partial charge on any atom is 0.243 e. The van der Waals surface area contributed by atoms with E-state index in [1.54, 1.807) is 0 Å². The highest BCUT2D eigenvalue weighted by Gasteiger charge is 2.25. The van der Waals surface area contributed by atoms with Gasteiger partial charge in [0.25, 0.3) is 0 Å². The Bertz CT molecular complexity index is 670. The van der Waals surface area contributed by atoms with E-state index in [2.05, 4.69) is 16.4 Å². The zero-order chi connectivity index (χ0) is 12.7. The SMILES string of the molecule is Cc1ccc2[nH]c(=S)n(C3CCCNC3=O)c2c1. The molecule has 1 aromatic carbocycles. The average molecular weight is 261 g/mol. The summed E-state index contributed by atoms with van der Waals surface area (Å²) in [6.45, 7) is 2.81. The Morgan fingerprint density at radius 3 is 3.06 bits per heavy atom. The molecule has 1 saturated heterocycles. The van der Waals surface area contributed by atoms with Crippen molar-refractivity contribution in [1.82, 2.24) is 14.9 Å². The van der Waals surface area contributed by atoms with Gasteiger partial charge in [-0.05, 0) is 49.7 Å². The quantitative estimate of drug-likeness (QED) is 0.775. The molecule has 1 aliphatic heterocycles. The van der Waals surface area contributed by atoms with Crippen LogP contribution in [0.25, 0.3) is 11.0 Å². The van der Waals surface area contributed by atoms with Crippen LogP contribution in [0.1, 0.15) is 24.4 Å². The first kappa shape index (κ1) is 11.5. The van der Waals surface area contributed by atoms with Crippen molar-refractivity contribution in [2.45, 2.75) is 25.8 Å². The molecule has 0 saturated carbocycles. The zero-order valence-corrected chi connectivity index (χ0v) is 11.0. The lowest BCUT2D eigenvalue weighted by Crippen LogP contribution is -2.37. The highest BCUT2D eigenvalue weighted by molar-refractivity contribution is 7.71. The first-order valence-electron chi connectivity index (χ1n) is 6.15. The van der Waals surface area contributed by atoms with Crippen LogP contribution < -0.4 is 5.32 Å². The Morgan fingerprint density at radius 2 is 2.28 bits per heavy atom. The van der Waals surface area contributed by atoms with E-state index in [1.165, 1.54) is 5.56 Å². The van der Waals surface area contributed by atoms with Crippen LogP contribution in [0.15, 0.2) is 18.2 Å². The van der Waals surface area contributed by atoms with E-state index in [-0.39, 0.29) is 11.9 Å². The predicted octanol–water partition coefficient (Wildman–Crippen LogP) is 2.46. The molecule has 0 bridgehead atoms. The van der Waals surface area contributed by atoms with E-state index in [9.17, 15) is 4.79 Å². The lowest BCUT2D eigenvalue weighted by atomic mass is 10.1. The molecule has 1 unspecified atom stereocenters. The Balaban J connectivity index is 2.21. The maximum absolute atomic E-state index is 12.0. The molecule has 0 aliphatic carbocycles. The summed E-state index contributed by atoms with van der Waals surface area (Å²) < 4.78 is 2.57. The summed E-state index contributed by atoms with van der Waals surface area (Å²) in [7, 11) is 0. The number of aromatic amines is 1. The minimum Gasteiger partial charge on any atom is -0.354 e. The standard InChI is InChI=1S/C13H15N3OS/c1-8-4-5-9-11(7-8)16(13(18)15-9)10-3-2-6-14-12(10)17/h4-5,7,10H,2-3,6H2,1H3,(H,14,17)(H,15,18). The molecule has 0 spiro atoms. The molecule has 94 valence electrons. The number of fused-ring (bicyclic) bond motifs is 1. The van der Waals surface area contributed by atoms with Gasteiger partial charge in [0.2, 0.25) is 5.91 Å². The summed E-state index contributed by atoms with van der Waals surface area (Å²) >= 11 is 5.36. The Labute approximate surface area is 110 Å². The number of hydrogen-bond donors (Lipinski definition) is 2. The molecule has 4 nitrogen and oxygen atoms in total. The molecule has 1 fully saturated rings. The number of imidazole rings is 1. The number of carbonyl (C=O) groups is 1. The second-order valence-corrected chi connectivity index (χ2v) is 5.16. The van der Waals surface area contributed by atoms with E-state index >= 15 is 0 Å². The van der Waals surface area contributed by atoms with Crippen LogP contribution in [-0.2, 0) is 4.79 Å². The van der Waals surface area contributed by atoms with Gasteiger partial charge in [-0.1, -0.05) is 6.07 Å². The van der Waals surface area contributed by atoms with Gasteiger partial charge in [0.1, 0.15) is 6.04 Å². The largest absolute Gasteiger partial charge is 0.354 e. The topological polar surface area (TPSA) is 49.8 Å². The van der Waals surface area contributed by atoms with E-state index < -0.39 is 0 Å². The fraction of sp³-hybridized carbons (Fsp3) is 0.385. The van der Waals surface area contributed by atoms with Gasteiger partial charge in [0.15, 0.2) is 4.77 Å². The van der Waals surface area contributed by atoms with Gasteiger partial charge in [0, 0.05) is 6.54 Å². The molecule has 5 heteroatoms. The van der Waals surface area contributed by atoms with Crippen LogP contribution in [0.5, 0.6) is 0 Å². The number of nitrogens with one attached hydrogen (secondary N) is 2. The van der Waals surface area contributed by atoms with Crippen molar-refractivity contribution < 1.29 is 4.79 Å². The minimum atomic E-state index is -0.179. The molecule has 2 N–H and O–H groups in total. The molecule has 1 amide bonds. The third kappa shape index (κ3) is 1.75. The van der Waals surface area contributed by atoms with Gasteiger partial charge in [-0.2, -0.15) is 0 Å². The number of aromatic nitrogens is 2. The van der Waals surface area contributed by atoms with Crippen LogP contribution in [0, 0.1) is 11.7 Å². The fourth-order valence-corrected chi connectivity index (χ4v) is 2.88. The normalized spacial score (nSPS) is 20.1. The molecule has 1 aliphatic rings. The minimum absolute atomic E-state index is 0.0692. The van der Waals surface area contributed by atoms with Crippen LogP contribution in [0.3, 0.4) is 0 Å². The summed E-state index contributed by atoms with van der Waals surface area (Å²) in [5, 5.41) is 2.91. The predicted molar refractivity (Wildman–Crippen MR) is 73.1 cm³/mol. The first-order chi connectivity index (χ1) is 8.66. The number of hydrogen-bond acceptors (Lipinski definition) is 2. The van der Waals surface area contributed by atoms with Crippen molar-refractivity contribution in [1.29, 1.82) is 0 Å². The van der Waals surface area contributed by atoms with Crippen LogP contribution in [0.2, 0.25) is 0 Å². The highest BCUT2D eigenvalue weighted by Crippen LogP contribution is 2.25. The smallest absolute Gasteiger partial charge is 0.243 e. The molecule has 2 aromatic rings. The molecule has 0 radical (unpaired) electrons. The van der Waals surface area contributed by atoms with Crippen LogP contribution in [0.4, 0.5) is 0 Å². The maximum atomic E-state index is 12.0. The fourth-order valence-electron chi connectivity index (χ4n) is 2.54. The average Bonchev–Trinajstić information content (AvgIpc) is 2.66. The number of benzene rings is 1. The van der Waals surface area contributed by atoms with Crippen LogP contribution >= 0.6 is 12.2 Å². The molecule has 2 heterocycles. The summed E-state index contributed by atoms with van der Waals surface area (Å²) in [5.74, 6) is 0.0692. The van der Waals surface area contributed by atoms with Gasteiger partial charge in [0.05, 0.1) is 11.0 Å². The second-order valence-electron chi connectivity index (χ2n) is 4.77. The molecule has 1 aromatic heterocycles. The Kier molecular flexibility index (Phi) is 2.70. The summed E-state index contributed by atoms with van der Waals surface area (Å²) in [6.07, 6.45) is 1.84. The van der Waals surface area contributed by atoms with E-state index in [1.807, 2.05) is 23.6 Å². The van der Waals surface area contributed by atoms with Crippen molar-refractivity contribution in [3.8, 4) is 0 Å². The highest BCUT2D eigenvalue weighted by atomic mass is 32.1. The van der Waals surface area contributed by atoms with Gasteiger partial charge < -0.3 is 14.9 Å². The van der Waals surface area contributed by atoms with Crippen LogP contribution in [-0.4, -0.2) is 22.0 Å². The number of piperidine rings is 1. The first-order valence-corrected chi connectivity index (χ1v) is 6.56. The third-order valence-corrected chi connectivity index (χ3v) is 3.74. The number of aryl methyl sites for hydroxylation is 1. The molecule has 3 rings (SSSR count). The van der Waals surface area contributed by atoms with Gasteiger partial charge >= 0.3 is 0 Å². The van der Waals surface area contributed by atoms with E-state index in [0.717, 1.165) is 30.4 Å². The second kappa shape index (κ2) is 4.24. The number of nitrogens with zero attached hydrogens (tertiary/aromatic N) is 1. The summed E-state index contributed by atoms with van der Waals surface area (Å²) in [5.41, 5.74) is 3.17. The van der Waals surface area contributed by atoms with Gasteiger partial charge in [-0.25, -0.2) is 0 Å². The van der Waals surface area contributed by atoms with E-state index in [0.29, 0.717) is 4.77 Å². The third-order valence-electron chi connectivity index (χ3n) is 3.44. The number of amides is 1. The van der Waals surface area contributed by atoms with E-state index in [4.69, 9.17) is 12.2 Å². The number of carbonyl (C=O) groups excluding carboxylic acids is 1. The number of H-pyrrole nitrogens is 1. The van der Waals surface area contributed by atoms with Gasteiger partial charge in [-0.3, -0.25) is 4.79 Å². The lowest BCUT2D eigenvalue weighted by Gasteiger charge is -2.23. The Morgan fingerprint density at radius 1 is 1.44 bits per heavy atom. The molecular weight excluding hydrogens is 246 g/mol. The summed E-state index contributed by atoms with van der Waals surface area (Å²) in [6, 6.07) is 5.95. The zero-order valence-electron chi connectivity index (χ0n) is 10.2. The van der Waals surface area contributed by atoms with Crippen molar-refractivity contribution in [2.24, 2.45) is 0 Å². The monoisotopic (exact) mass is 261 g/mol. The Hall–Kier alpha value is -1.62. The van der Waals surface area contributed by atoms with Crippen molar-refractivity contribution in [3.63, 3.8) is 0 Å². The lowest BCUT2D eigenvalue weighted by molar-refractivity contribution is -0.125. The van der Waals surface area contributed by atoms with Gasteiger partial charge in [-0.15, -0.1) is 0 Å². The van der Waals surface area contributed by atoms with Crippen molar-refractivity contribution in [2.75, 3.05) is 6.54 Å². The van der Waals surface area contributed by atoms with Crippen molar-refractivity contribution in [3.05, 3.63) is 28.5 Å². The van der Waals surface area contributed by atoms with Crippen molar-refractivity contribution >= 4 is 29.2 Å². The molecule has 1 atom stereocenters.